The number of hydrogen-bond donors (Lipinski definition) is 1. The Morgan fingerprint density at radius 2 is 1.26 bits per heavy atom. The zero-order valence-electron chi connectivity index (χ0n) is 18.0. The van der Waals surface area contributed by atoms with Gasteiger partial charge >= 0.3 is 5.97 Å². The van der Waals surface area contributed by atoms with Gasteiger partial charge < -0.3 is 14.5 Å². The fourth-order valence-electron chi connectivity index (χ4n) is 3.17. The molecule has 1 N–H and O–H groups in total. The number of rotatable bonds is 9. The molecular weight excluding hydrogens is 421 g/mol. The van der Waals surface area contributed by atoms with Crippen molar-refractivity contribution in [2.75, 3.05) is 36.3 Å². The monoisotopic (exact) mass is 444 g/mol. The van der Waals surface area contributed by atoms with Crippen LogP contribution in [0.1, 0.15) is 40.9 Å². The smallest absolute Gasteiger partial charge is 0.338 e. The van der Waals surface area contributed by atoms with Gasteiger partial charge in [0, 0.05) is 27.9 Å². The van der Waals surface area contributed by atoms with Crippen molar-refractivity contribution in [1.82, 2.24) is 0 Å². The molecule has 9 nitrogen and oxygen atoms in total. The van der Waals surface area contributed by atoms with Crippen molar-refractivity contribution in [2.24, 2.45) is 0 Å². The van der Waals surface area contributed by atoms with Gasteiger partial charge in [-0.1, -0.05) is 19.0 Å². The van der Waals surface area contributed by atoms with Crippen molar-refractivity contribution in [1.29, 1.82) is 0 Å². The number of anilines is 2. The van der Waals surface area contributed by atoms with E-state index in [-0.39, 0.29) is 58.8 Å². The number of nitrogens with zero attached hydrogens (tertiary/aromatic N) is 2. The lowest BCUT2D eigenvalue weighted by Crippen LogP contribution is -2.32. The van der Waals surface area contributed by atoms with Crippen LogP contribution in [0.2, 0.25) is 0 Å². The standard InChI is InChI=1S/C18H23B3N2O7S/c1-10(24)22(3)16-12(7-19)15(18(26)30-5-6-31(27,28)29)13(8-20)17(14(16)9-21)23(4)11(2)25/h5-9H2,1-4H3,(H,27,28,29). The molecule has 0 saturated carbocycles. The highest BCUT2D eigenvalue weighted by molar-refractivity contribution is 7.85. The molecule has 1 aromatic rings. The maximum Gasteiger partial charge on any atom is 0.338 e. The summed E-state index contributed by atoms with van der Waals surface area (Å²) in [4.78, 5) is 39.7. The third-order valence-corrected chi connectivity index (χ3v) is 5.44. The topological polar surface area (TPSA) is 121 Å². The Kier molecular flexibility index (Phi) is 9.37. The Hall–Kier alpha value is -2.27. The van der Waals surface area contributed by atoms with Crippen LogP contribution in [0.15, 0.2) is 0 Å². The predicted molar refractivity (Wildman–Crippen MR) is 120 cm³/mol. The second-order valence-corrected chi connectivity index (χ2v) is 8.27. The fraction of sp³-hybridized carbons (Fsp3) is 0.500. The lowest BCUT2D eigenvalue weighted by Gasteiger charge is -2.32. The van der Waals surface area contributed by atoms with Gasteiger partial charge in [-0.2, -0.15) is 8.42 Å². The van der Waals surface area contributed by atoms with Gasteiger partial charge in [0.25, 0.3) is 10.1 Å². The van der Waals surface area contributed by atoms with E-state index < -0.39 is 28.4 Å². The minimum absolute atomic E-state index is 0.0938. The molecular formula is C18H23B3N2O7S. The van der Waals surface area contributed by atoms with Crippen LogP contribution in [-0.2, 0) is 43.4 Å². The number of amides is 2. The number of ether oxygens (including phenoxy) is 1. The molecule has 2 amide bonds. The van der Waals surface area contributed by atoms with E-state index in [0.29, 0.717) is 5.56 Å². The quantitative estimate of drug-likeness (QED) is 0.316. The molecule has 162 valence electrons. The van der Waals surface area contributed by atoms with E-state index in [2.05, 4.69) is 0 Å². The zero-order chi connectivity index (χ0) is 24.1. The summed E-state index contributed by atoms with van der Waals surface area (Å²) in [5.41, 5.74) is 1.17. The average molecular weight is 444 g/mol. The number of carbonyl (C=O) groups excluding carboxylic acids is 3. The van der Waals surface area contributed by atoms with Gasteiger partial charge in [0.2, 0.25) is 11.8 Å². The molecule has 0 heterocycles. The maximum atomic E-state index is 12.9. The lowest BCUT2D eigenvalue weighted by atomic mass is 9.78. The predicted octanol–water partition coefficient (Wildman–Crippen LogP) is -0.298. The molecule has 1 aromatic carbocycles. The number of hydrogen-bond acceptors (Lipinski definition) is 6. The summed E-state index contributed by atoms with van der Waals surface area (Å²) in [6.45, 7) is 1.98. The van der Waals surface area contributed by atoms with E-state index in [1.165, 1.54) is 37.7 Å². The van der Waals surface area contributed by atoms with Gasteiger partial charge in [0.05, 0.1) is 40.5 Å². The van der Waals surface area contributed by atoms with Gasteiger partial charge in [-0.05, 0) is 16.7 Å². The summed E-state index contributed by atoms with van der Waals surface area (Å²) in [5.74, 6) is -2.54. The van der Waals surface area contributed by atoms with Crippen molar-refractivity contribution in [2.45, 2.75) is 32.8 Å². The van der Waals surface area contributed by atoms with E-state index >= 15 is 0 Å². The highest BCUT2D eigenvalue weighted by Gasteiger charge is 2.30. The molecule has 0 unspecified atom stereocenters. The molecule has 13 heteroatoms. The van der Waals surface area contributed by atoms with Crippen LogP contribution in [0.3, 0.4) is 0 Å². The van der Waals surface area contributed by atoms with Crippen molar-refractivity contribution in [3.8, 4) is 0 Å². The molecule has 0 aliphatic carbocycles. The van der Waals surface area contributed by atoms with Crippen LogP contribution >= 0.6 is 0 Å². The summed E-state index contributed by atoms with van der Waals surface area (Å²) in [5, 5.41) is 0. The summed E-state index contributed by atoms with van der Waals surface area (Å²) in [6, 6.07) is 0. The molecule has 0 aliphatic rings. The van der Waals surface area contributed by atoms with Gasteiger partial charge in [0.15, 0.2) is 0 Å². The summed E-state index contributed by atoms with van der Waals surface area (Å²) in [7, 11) is 16.4. The molecule has 31 heavy (non-hydrogen) atoms. The van der Waals surface area contributed by atoms with Crippen molar-refractivity contribution >= 4 is 62.8 Å². The highest BCUT2D eigenvalue weighted by atomic mass is 32.2. The number of esters is 1. The van der Waals surface area contributed by atoms with Crippen molar-refractivity contribution < 1.29 is 32.1 Å². The minimum Gasteiger partial charge on any atom is -0.461 e. The summed E-state index contributed by atoms with van der Waals surface area (Å²) >= 11 is 0. The molecule has 0 spiro atoms. The first-order valence-corrected chi connectivity index (χ1v) is 10.8. The van der Waals surface area contributed by atoms with Crippen LogP contribution in [-0.4, -0.2) is 80.7 Å². The Morgan fingerprint density at radius 1 is 0.871 bits per heavy atom. The molecule has 0 fully saturated rings. The van der Waals surface area contributed by atoms with Gasteiger partial charge in [-0.25, -0.2) is 4.79 Å². The molecule has 0 aliphatic heterocycles. The Balaban J connectivity index is 3.94. The summed E-state index contributed by atoms with van der Waals surface area (Å²) < 4.78 is 35.8. The van der Waals surface area contributed by atoms with E-state index in [4.69, 9.17) is 32.8 Å². The van der Waals surface area contributed by atoms with E-state index in [9.17, 15) is 22.8 Å². The van der Waals surface area contributed by atoms with Crippen LogP contribution in [0, 0.1) is 0 Å². The average Bonchev–Trinajstić information content (AvgIpc) is 2.68. The fourth-order valence-corrected chi connectivity index (χ4v) is 3.46. The van der Waals surface area contributed by atoms with Crippen molar-refractivity contribution in [3.63, 3.8) is 0 Å². The van der Waals surface area contributed by atoms with Crippen molar-refractivity contribution in [3.05, 3.63) is 22.3 Å². The first-order valence-electron chi connectivity index (χ1n) is 9.23. The zero-order valence-corrected chi connectivity index (χ0v) is 18.8. The Morgan fingerprint density at radius 3 is 1.55 bits per heavy atom. The second-order valence-electron chi connectivity index (χ2n) is 6.70. The Labute approximate surface area is 186 Å². The first-order chi connectivity index (χ1) is 14.3. The number of benzene rings is 1. The molecule has 1 rings (SSSR count). The molecule has 6 radical (unpaired) electrons. The maximum absolute atomic E-state index is 12.9. The van der Waals surface area contributed by atoms with Gasteiger partial charge in [-0.3, -0.25) is 14.1 Å². The van der Waals surface area contributed by atoms with E-state index in [1.54, 1.807) is 0 Å². The normalized spacial score (nSPS) is 11.1. The summed E-state index contributed by atoms with van der Waals surface area (Å²) in [6.07, 6.45) is -0.516. The molecule has 0 aromatic heterocycles. The van der Waals surface area contributed by atoms with E-state index in [0.717, 1.165) is 0 Å². The van der Waals surface area contributed by atoms with Gasteiger partial charge in [-0.15, -0.1) is 0 Å². The van der Waals surface area contributed by atoms with Gasteiger partial charge in [0.1, 0.15) is 12.4 Å². The van der Waals surface area contributed by atoms with Crippen LogP contribution in [0.25, 0.3) is 0 Å². The van der Waals surface area contributed by atoms with Crippen LogP contribution in [0.5, 0.6) is 0 Å². The third kappa shape index (κ3) is 6.13. The van der Waals surface area contributed by atoms with E-state index in [1.807, 2.05) is 0 Å². The molecule has 0 bridgehead atoms. The Bertz CT molecular complexity index is 934. The number of carbonyl (C=O) groups is 3. The lowest BCUT2D eigenvalue weighted by molar-refractivity contribution is -0.117. The van der Waals surface area contributed by atoms with Crippen LogP contribution < -0.4 is 9.80 Å². The minimum atomic E-state index is -4.36. The molecule has 0 atom stereocenters. The highest BCUT2D eigenvalue weighted by Crippen LogP contribution is 2.40. The third-order valence-electron chi connectivity index (χ3n) is 4.75. The first kappa shape index (κ1) is 26.8. The molecule has 0 saturated heterocycles. The SMILES string of the molecule is [B]Cc1c(C(=O)OCCS(=O)(=O)O)c(C[B])c(N(C)C(C)=O)c(C[B])c1N(C)C(C)=O. The van der Waals surface area contributed by atoms with Crippen LogP contribution in [0.4, 0.5) is 11.4 Å². The second kappa shape index (κ2) is 10.9. The largest absolute Gasteiger partial charge is 0.461 e.